The third-order valence-electron chi connectivity index (χ3n) is 13.3. The van der Waals surface area contributed by atoms with Gasteiger partial charge in [0.1, 0.15) is 13.2 Å². The fourth-order valence-electron chi connectivity index (χ4n) is 8.77. The van der Waals surface area contributed by atoms with Gasteiger partial charge >= 0.3 is 17.9 Å². The molecule has 0 aromatic carbocycles. The molecule has 1 atom stereocenters. The van der Waals surface area contributed by atoms with Crippen LogP contribution in [-0.4, -0.2) is 37.2 Å². The van der Waals surface area contributed by atoms with Gasteiger partial charge in [-0.3, -0.25) is 14.4 Å². The van der Waals surface area contributed by atoms with Gasteiger partial charge in [-0.2, -0.15) is 0 Å². The molecule has 0 radical (unpaired) electrons. The van der Waals surface area contributed by atoms with Crippen LogP contribution in [0, 0.1) is 0 Å². The Labute approximate surface area is 434 Å². The van der Waals surface area contributed by atoms with Crippen molar-refractivity contribution in [2.75, 3.05) is 13.2 Å². The monoisotopic (exact) mass is 979 g/mol. The topological polar surface area (TPSA) is 78.9 Å². The summed E-state index contributed by atoms with van der Waals surface area (Å²) >= 11 is 0. The normalized spacial score (nSPS) is 12.4. The third-order valence-corrected chi connectivity index (χ3v) is 13.3. The second-order valence-electron chi connectivity index (χ2n) is 20.2. The Hall–Kier alpha value is -2.89. The van der Waals surface area contributed by atoms with Gasteiger partial charge in [0, 0.05) is 19.3 Å². The third kappa shape index (κ3) is 56.0. The van der Waals surface area contributed by atoms with Crippen LogP contribution in [0.1, 0.15) is 310 Å². The molecule has 0 heterocycles. The second kappa shape index (κ2) is 58.7. The van der Waals surface area contributed by atoms with Crippen LogP contribution in [0.25, 0.3) is 0 Å². The first-order valence-corrected chi connectivity index (χ1v) is 30.3. The summed E-state index contributed by atoms with van der Waals surface area (Å²) in [4.78, 5) is 38.2. The molecule has 0 aromatic heterocycles. The van der Waals surface area contributed by atoms with Gasteiger partial charge in [-0.15, -0.1) is 0 Å². The molecule has 0 rings (SSSR count). The van der Waals surface area contributed by atoms with Gasteiger partial charge in [-0.1, -0.05) is 287 Å². The Morgan fingerprint density at radius 3 is 0.871 bits per heavy atom. The fourth-order valence-corrected chi connectivity index (χ4v) is 8.77. The minimum Gasteiger partial charge on any atom is -0.462 e. The predicted molar refractivity (Wildman–Crippen MR) is 302 cm³/mol. The number of hydrogen-bond donors (Lipinski definition) is 0. The van der Waals surface area contributed by atoms with Crippen molar-refractivity contribution in [3.63, 3.8) is 0 Å². The first kappa shape index (κ1) is 67.1. The maximum atomic E-state index is 12.9. The summed E-state index contributed by atoms with van der Waals surface area (Å²) < 4.78 is 16.9. The molecule has 0 bridgehead atoms. The van der Waals surface area contributed by atoms with Crippen LogP contribution in [0.2, 0.25) is 0 Å². The highest BCUT2D eigenvalue weighted by Gasteiger charge is 2.19. The van der Waals surface area contributed by atoms with Gasteiger partial charge in [-0.05, 0) is 64.2 Å². The minimum absolute atomic E-state index is 0.0804. The zero-order chi connectivity index (χ0) is 50.7. The van der Waals surface area contributed by atoms with Gasteiger partial charge in [0.15, 0.2) is 6.10 Å². The van der Waals surface area contributed by atoms with E-state index in [0.717, 1.165) is 96.3 Å². The highest BCUT2D eigenvalue weighted by molar-refractivity contribution is 5.71. The highest BCUT2D eigenvalue weighted by Crippen LogP contribution is 2.17. The Bertz CT molecular complexity index is 1260. The van der Waals surface area contributed by atoms with E-state index in [-0.39, 0.29) is 31.1 Å². The summed E-state index contributed by atoms with van der Waals surface area (Å²) in [5.74, 6) is -0.895. The Kier molecular flexibility index (Phi) is 56.3. The number of rotatable bonds is 55. The van der Waals surface area contributed by atoms with Crippen molar-refractivity contribution in [2.45, 2.75) is 316 Å². The Balaban J connectivity index is 4.40. The molecule has 0 aliphatic heterocycles. The molecule has 0 fully saturated rings. The van der Waals surface area contributed by atoms with Crippen molar-refractivity contribution in [1.82, 2.24) is 0 Å². The first-order chi connectivity index (χ1) is 34.5. The standard InChI is InChI=1S/C64H114O6/c1-4-7-10-13-16-19-22-25-28-31-32-34-36-39-42-45-48-51-54-57-63(66)69-60-61(59-68-62(65)56-53-50-47-44-41-38-35-30-27-24-21-18-15-12-9-6-3)70-64(67)58-55-52-49-46-43-40-37-33-29-26-23-20-17-14-11-8-5-2/h7,10,16,19,25,28,32,34,39,42,61H,4-6,8-9,11-15,17-18,20-24,26-27,29-31,33,35-38,40-41,43-60H2,1-3H3/b10-7-,19-16-,28-25-,34-32-,42-39-. The molecule has 0 saturated heterocycles. The summed E-state index contributed by atoms with van der Waals surface area (Å²) in [6.45, 7) is 6.55. The lowest BCUT2D eigenvalue weighted by Gasteiger charge is -2.18. The zero-order valence-corrected chi connectivity index (χ0v) is 46.5. The van der Waals surface area contributed by atoms with Crippen molar-refractivity contribution < 1.29 is 28.6 Å². The minimum atomic E-state index is -0.785. The number of carbonyl (C=O) groups is 3. The Morgan fingerprint density at radius 2 is 0.557 bits per heavy atom. The molecule has 0 N–H and O–H groups in total. The fraction of sp³-hybridized carbons (Fsp3) is 0.797. The lowest BCUT2D eigenvalue weighted by atomic mass is 10.0. The molecule has 70 heavy (non-hydrogen) atoms. The van der Waals surface area contributed by atoms with E-state index < -0.39 is 6.10 Å². The van der Waals surface area contributed by atoms with E-state index in [9.17, 15) is 14.4 Å². The molecular formula is C64H114O6. The molecular weight excluding hydrogens is 865 g/mol. The number of ether oxygens (including phenoxy) is 3. The van der Waals surface area contributed by atoms with Gasteiger partial charge in [0.25, 0.3) is 0 Å². The van der Waals surface area contributed by atoms with E-state index >= 15 is 0 Å². The SMILES string of the molecule is CC/C=C\C/C=C\C/C=C\C/C=C\C/C=C\CCCCCC(=O)OCC(COC(=O)CCCCCCCCCCCCCCCCCC)OC(=O)CCCCCCCCCCCCCCCCCCC. The van der Waals surface area contributed by atoms with Crippen LogP contribution in [-0.2, 0) is 28.6 Å². The summed E-state index contributed by atoms with van der Waals surface area (Å²) in [5, 5.41) is 0. The van der Waals surface area contributed by atoms with Crippen LogP contribution in [0.5, 0.6) is 0 Å². The van der Waals surface area contributed by atoms with Gasteiger partial charge < -0.3 is 14.2 Å². The van der Waals surface area contributed by atoms with Crippen LogP contribution in [0.15, 0.2) is 60.8 Å². The lowest BCUT2D eigenvalue weighted by Crippen LogP contribution is -2.30. The predicted octanol–water partition coefficient (Wildman–Crippen LogP) is 20.4. The number of unbranched alkanes of at least 4 members (excludes halogenated alkanes) is 34. The van der Waals surface area contributed by atoms with E-state index in [1.54, 1.807) is 0 Å². The van der Waals surface area contributed by atoms with Gasteiger partial charge in [0.05, 0.1) is 0 Å². The number of esters is 3. The molecule has 0 aromatic rings. The van der Waals surface area contributed by atoms with Crippen molar-refractivity contribution in [3.8, 4) is 0 Å². The van der Waals surface area contributed by atoms with E-state index in [0.29, 0.717) is 19.3 Å². The molecule has 6 heteroatoms. The van der Waals surface area contributed by atoms with E-state index in [1.165, 1.54) is 173 Å². The van der Waals surface area contributed by atoms with Crippen molar-refractivity contribution in [2.24, 2.45) is 0 Å². The van der Waals surface area contributed by atoms with Crippen molar-refractivity contribution >= 4 is 17.9 Å². The van der Waals surface area contributed by atoms with Crippen LogP contribution in [0.3, 0.4) is 0 Å². The number of allylic oxidation sites excluding steroid dienone is 10. The second-order valence-corrected chi connectivity index (χ2v) is 20.2. The van der Waals surface area contributed by atoms with Gasteiger partial charge in [-0.25, -0.2) is 0 Å². The summed E-state index contributed by atoms with van der Waals surface area (Å²) in [7, 11) is 0. The molecule has 0 spiro atoms. The largest absolute Gasteiger partial charge is 0.462 e. The molecule has 1 unspecified atom stereocenters. The van der Waals surface area contributed by atoms with Gasteiger partial charge in [0.2, 0.25) is 0 Å². The average molecular weight is 980 g/mol. The van der Waals surface area contributed by atoms with Crippen molar-refractivity contribution in [3.05, 3.63) is 60.8 Å². The summed E-state index contributed by atoms with van der Waals surface area (Å²) in [6, 6.07) is 0. The quantitative estimate of drug-likeness (QED) is 0.0261. The van der Waals surface area contributed by atoms with Crippen molar-refractivity contribution in [1.29, 1.82) is 0 Å². The molecule has 6 nitrogen and oxygen atoms in total. The maximum Gasteiger partial charge on any atom is 0.306 e. The van der Waals surface area contributed by atoms with E-state index in [4.69, 9.17) is 14.2 Å². The molecule has 0 aliphatic carbocycles. The zero-order valence-electron chi connectivity index (χ0n) is 46.5. The first-order valence-electron chi connectivity index (χ1n) is 30.3. The number of carbonyl (C=O) groups excluding carboxylic acids is 3. The summed E-state index contributed by atoms with van der Waals surface area (Å²) in [5.41, 5.74) is 0. The summed E-state index contributed by atoms with van der Waals surface area (Å²) in [6.07, 6.45) is 73.6. The number of hydrogen-bond acceptors (Lipinski definition) is 6. The molecule has 406 valence electrons. The van der Waals surface area contributed by atoms with E-state index in [2.05, 4.69) is 81.5 Å². The lowest BCUT2D eigenvalue weighted by molar-refractivity contribution is -0.167. The smallest absolute Gasteiger partial charge is 0.306 e. The van der Waals surface area contributed by atoms with Crippen LogP contribution in [0.4, 0.5) is 0 Å². The van der Waals surface area contributed by atoms with Crippen LogP contribution < -0.4 is 0 Å². The highest BCUT2D eigenvalue weighted by atomic mass is 16.6. The molecule has 0 aliphatic rings. The molecule has 0 saturated carbocycles. The maximum absolute atomic E-state index is 12.9. The van der Waals surface area contributed by atoms with Crippen LogP contribution >= 0.6 is 0 Å². The Morgan fingerprint density at radius 1 is 0.300 bits per heavy atom. The van der Waals surface area contributed by atoms with E-state index in [1.807, 2.05) is 0 Å². The molecule has 0 amide bonds. The average Bonchev–Trinajstić information content (AvgIpc) is 3.36.